The van der Waals surface area contributed by atoms with E-state index < -0.39 is 24.2 Å². The van der Waals surface area contributed by atoms with E-state index in [0.717, 1.165) is 16.8 Å². The van der Waals surface area contributed by atoms with E-state index in [1.807, 2.05) is 41.3 Å². The number of para-hydroxylation sites is 2. The van der Waals surface area contributed by atoms with E-state index in [9.17, 15) is 18.0 Å². The van der Waals surface area contributed by atoms with Crippen molar-refractivity contribution in [1.29, 1.82) is 0 Å². The molecule has 0 bridgehead atoms. The lowest BCUT2D eigenvalue weighted by atomic mass is 9.89. The molecule has 0 radical (unpaired) electrons. The molecule has 0 saturated carbocycles. The van der Waals surface area contributed by atoms with Gasteiger partial charge in [-0.2, -0.15) is 13.2 Å². The summed E-state index contributed by atoms with van der Waals surface area (Å²) >= 11 is 0. The number of benzene rings is 2. The van der Waals surface area contributed by atoms with Crippen molar-refractivity contribution in [3.8, 4) is 11.5 Å². The lowest BCUT2D eigenvalue weighted by molar-refractivity contribution is -0.174. The van der Waals surface area contributed by atoms with Crippen molar-refractivity contribution in [3.63, 3.8) is 0 Å². The van der Waals surface area contributed by atoms with Crippen LogP contribution in [-0.4, -0.2) is 24.7 Å². The first-order valence-corrected chi connectivity index (χ1v) is 9.06. The fourth-order valence-corrected chi connectivity index (χ4v) is 4.06. The summed E-state index contributed by atoms with van der Waals surface area (Å²) in [4.78, 5) is 13.7. The summed E-state index contributed by atoms with van der Waals surface area (Å²) < 4.78 is 44.8. The van der Waals surface area contributed by atoms with Crippen LogP contribution in [0.1, 0.15) is 30.0 Å². The average Bonchev–Trinajstić information content (AvgIpc) is 2.82. The zero-order chi connectivity index (χ0) is 19.9. The van der Waals surface area contributed by atoms with Crippen LogP contribution < -0.4 is 15.0 Å². The van der Waals surface area contributed by atoms with Crippen molar-refractivity contribution in [1.82, 2.24) is 5.32 Å². The van der Waals surface area contributed by atoms with Crippen LogP contribution in [0.4, 0.5) is 18.9 Å². The molecule has 1 N–H and O–H groups in total. The summed E-state index contributed by atoms with van der Waals surface area (Å²) in [5, 5.41) is 2.21. The number of nitrogens with one attached hydrogen (secondary N) is 1. The number of piperidine rings is 1. The molecule has 1 unspecified atom stereocenters. The van der Waals surface area contributed by atoms with Gasteiger partial charge in [0.1, 0.15) is 5.75 Å². The van der Waals surface area contributed by atoms with E-state index >= 15 is 0 Å². The highest BCUT2D eigenvalue weighted by atomic mass is 19.4. The average molecular weight is 388 g/mol. The number of fused-ring (bicyclic) bond motifs is 5. The summed E-state index contributed by atoms with van der Waals surface area (Å²) in [6, 6.07) is 11.7. The minimum atomic E-state index is -4.92. The Kier molecular flexibility index (Phi) is 4.53. The highest BCUT2D eigenvalue weighted by Gasteiger charge is 2.44. The number of amides is 1. The van der Waals surface area contributed by atoms with E-state index in [2.05, 4.69) is 11.9 Å². The molecular weight excluding hydrogens is 369 g/mol. The Balaban J connectivity index is 1.85. The minimum Gasteiger partial charge on any atom is -0.455 e. The standard InChI is InChI=1S/C21H19F3N2O2/c1-2-13-7-5-11-17-18(13)26-12-6-9-15(25-20(27)21(22,23)24)19(26)14-8-3-4-10-16(14)28-17/h2-5,7-8,10-11,15,19H,1,6,9,12H2,(H,25,27)/t15?,19-/m1/s1. The molecule has 4 nitrogen and oxygen atoms in total. The molecule has 2 heterocycles. The summed E-state index contributed by atoms with van der Waals surface area (Å²) in [7, 11) is 0. The normalized spacial score (nSPS) is 20.8. The summed E-state index contributed by atoms with van der Waals surface area (Å²) in [6.45, 7) is 4.49. The smallest absolute Gasteiger partial charge is 0.455 e. The number of ether oxygens (including phenoxy) is 1. The summed E-state index contributed by atoms with van der Waals surface area (Å²) in [5.74, 6) is -0.722. The van der Waals surface area contributed by atoms with Gasteiger partial charge in [0.2, 0.25) is 0 Å². The van der Waals surface area contributed by atoms with E-state index in [-0.39, 0.29) is 0 Å². The lowest BCUT2D eigenvalue weighted by Gasteiger charge is -2.43. The van der Waals surface area contributed by atoms with Gasteiger partial charge in [0.15, 0.2) is 5.75 Å². The van der Waals surface area contributed by atoms with Gasteiger partial charge in [0.25, 0.3) is 0 Å². The zero-order valence-corrected chi connectivity index (χ0v) is 15.0. The van der Waals surface area contributed by atoms with Gasteiger partial charge in [-0.25, -0.2) is 0 Å². The lowest BCUT2D eigenvalue weighted by Crippen LogP contribution is -2.52. The van der Waals surface area contributed by atoms with Crippen molar-refractivity contribution in [2.24, 2.45) is 0 Å². The second-order valence-electron chi connectivity index (χ2n) is 6.90. The topological polar surface area (TPSA) is 41.6 Å². The number of hydrogen-bond acceptors (Lipinski definition) is 3. The molecule has 4 rings (SSSR count). The number of halogens is 3. The minimum absolute atomic E-state index is 0.447. The first-order valence-electron chi connectivity index (χ1n) is 9.06. The van der Waals surface area contributed by atoms with E-state index in [4.69, 9.17) is 4.74 Å². The highest BCUT2D eigenvalue weighted by Crippen LogP contribution is 2.49. The fraction of sp³-hybridized carbons (Fsp3) is 0.286. The quantitative estimate of drug-likeness (QED) is 0.802. The molecule has 0 spiro atoms. The van der Waals surface area contributed by atoms with Crippen LogP contribution in [0.15, 0.2) is 49.0 Å². The number of carbonyl (C=O) groups is 1. The fourth-order valence-electron chi connectivity index (χ4n) is 4.06. The molecular formula is C21H19F3N2O2. The largest absolute Gasteiger partial charge is 0.471 e. The summed E-state index contributed by atoms with van der Waals surface area (Å²) in [6.07, 6.45) is -2.13. The molecule has 0 aromatic heterocycles. The Bertz CT molecular complexity index is 926. The SMILES string of the molecule is C=Cc1cccc2c1N1CCCC(NC(=O)C(F)(F)F)[C@H]1c1ccccc1O2. The van der Waals surface area contributed by atoms with Crippen molar-refractivity contribution < 1.29 is 22.7 Å². The molecule has 1 amide bonds. The zero-order valence-electron chi connectivity index (χ0n) is 15.0. The van der Waals surface area contributed by atoms with Gasteiger partial charge >= 0.3 is 12.1 Å². The number of rotatable bonds is 2. The van der Waals surface area contributed by atoms with Gasteiger partial charge in [-0.05, 0) is 25.0 Å². The molecule has 2 aliphatic heterocycles. The number of nitrogens with zero attached hydrogens (tertiary/aromatic N) is 1. The second-order valence-corrected chi connectivity index (χ2v) is 6.90. The van der Waals surface area contributed by atoms with Crippen LogP contribution in [0.25, 0.3) is 6.08 Å². The van der Waals surface area contributed by atoms with E-state index in [1.165, 1.54) is 0 Å². The van der Waals surface area contributed by atoms with Gasteiger partial charge in [-0.1, -0.05) is 43.0 Å². The van der Waals surface area contributed by atoms with Crippen LogP contribution >= 0.6 is 0 Å². The number of hydrogen-bond donors (Lipinski definition) is 1. The van der Waals surface area contributed by atoms with Gasteiger partial charge in [-0.15, -0.1) is 0 Å². The van der Waals surface area contributed by atoms with Crippen molar-refractivity contribution in [2.45, 2.75) is 31.1 Å². The Labute approximate surface area is 160 Å². The van der Waals surface area contributed by atoms with E-state index in [0.29, 0.717) is 30.9 Å². The molecule has 2 atom stereocenters. The third-order valence-electron chi connectivity index (χ3n) is 5.20. The van der Waals surface area contributed by atoms with Gasteiger partial charge in [0, 0.05) is 17.7 Å². The maximum absolute atomic E-state index is 12.9. The Morgan fingerprint density at radius 3 is 2.68 bits per heavy atom. The van der Waals surface area contributed by atoms with Gasteiger partial charge in [-0.3, -0.25) is 4.79 Å². The van der Waals surface area contributed by atoms with Gasteiger partial charge in [0.05, 0.1) is 17.8 Å². The monoisotopic (exact) mass is 388 g/mol. The molecule has 2 aliphatic rings. The number of alkyl halides is 3. The maximum atomic E-state index is 12.9. The predicted octanol–water partition coefficient (Wildman–Crippen LogP) is 4.82. The first kappa shape index (κ1) is 18.4. The first-order chi connectivity index (χ1) is 13.4. The summed E-state index contributed by atoms with van der Waals surface area (Å²) in [5.41, 5.74) is 2.36. The molecule has 7 heteroatoms. The van der Waals surface area contributed by atoms with Crippen LogP contribution in [0.3, 0.4) is 0 Å². The van der Waals surface area contributed by atoms with E-state index in [1.54, 1.807) is 12.1 Å². The van der Waals surface area contributed by atoms with Crippen LogP contribution in [0, 0.1) is 0 Å². The third kappa shape index (κ3) is 3.10. The Morgan fingerprint density at radius 1 is 1.18 bits per heavy atom. The van der Waals surface area contributed by atoms with Crippen LogP contribution in [-0.2, 0) is 4.79 Å². The highest BCUT2D eigenvalue weighted by molar-refractivity contribution is 5.82. The van der Waals surface area contributed by atoms with Crippen LogP contribution in [0.5, 0.6) is 11.5 Å². The maximum Gasteiger partial charge on any atom is 0.471 e. The van der Waals surface area contributed by atoms with Crippen molar-refractivity contribution in [2.75, 3.05) is 11.4 Å². The van der Waals surface area contributed by atoms with Gasteiger partial charge < -0.3 is 15.0 Å². The molecule has 2 aromatic rings. The van der Waals surface area contributed by atoms with Crippen molar-refractivity contribution in [3.05, 3.63) is 60.2 Å². The molecule has 1 fully saturated rings. The van der Waals surface area contributed by atoms with Crippen molar-refractivity contribution >= 4 is 17.7 Å². The predicted molar refractivity (Wildman–Crippen MR) is 100 cm³/mol. The molecule has 28 heavy (non-hydrogen) atoms. The third-order valence-corrected chi connectivity index (χ3v) is 5.20. The molecule has 146 valence electrons. The Hall–Kier alpha value is -2.96. The molecule has 2 aromatic carbocycles. The van der Waals surface area contributed by atoms with Crippen LogP contribution in [0.2, 0.25) is 0 Å². The molecule has 0 aliphatic carbocycles. The number of carbonyl (C=O) groups excluding carboxylic acids is 1. The number of anilines is 1. The molecule has 1 saturated heterocycles. The Morgan fingerprint density at radius 2 is 1.93 bits per heavy atom. The second kappa shape index (κ2) is 6.89.